The van der Waals surface area contributed by atoms with Crippen molar-refractivity contribution in [2.45, 2.75) is 38.5 Å². The lowest BCUT2D eigenvalue weighted by Gasteiger charge is -2.47. The molecule has 0 saturated carbocycles. The van der Waals surface area contributed by atoms with Gasteiger partial charge in [0.2, 0.25) is 0 Å². The highest BCUT2D eigenvalue weighted by Crippen LogP contribution is 2.27. The normalized spacial score (nSPS) is 19.0. The van der Waals surface area contributed by atoms with Crippen molar-refractivity contribution in [1.82, 2.24) is 9.80 Å². The maximum absolute atomic E-state index is 14.0. The summed E-state index contributed by atoms with van der Waals surface area (Å²) in [4.78, 5) is 5.10. The van der Waals surface area contributed by atoms with Crippen LogP contribution in [0.1, 0.15) is 30.4 Å². The molecule has 5 heteroatoms. The maximum Gasteiger partial charge on any atom is 0.131 e. The van der Waals surface area contributed by atoms with Crippen LogP contribution in [0.5, 0.6) is 5.75 Å². The second kappa shape index (κ2) is 8.59. The number of para-hydroxylation sites is 1. The quantitative estimate of drug-likeness (QED) is 0.711. The first-order valence-corrected chi connectivity index (χ1v) is 10.2. The molecule has 0 bridgehead atoms. The molecule has 0 amide bonds. The molecule has 0 radical (unpaired) electrons. The van der Waals surface area contributed by atoms with Crippen LogP contribution in [0.3, 0.4) is 0 Å². The van der Waals surface area contributed by atoms with Gasteiger partial charge < -0.3 is 4.74 Å². The molecule has 0 atom stereocenters. The van der Waals surface area contributed by atoms with Gasteiger partial charge >= 0.3 is 0 Å². The lowest BCUT2D eigenvalue weighted by atomic mass is 10.0. The first kappa shape index (κ1) is 18.7. The van der Waals surface area contributed by atoms with Crippen molar-refractivity contribution in [1.29, 1.82) is 0 Å². The maximum atomic E-state index is 14.0. The Bertz CT molecular complexity index is 752. The summed E-state index contributed by atoms with van der Waals surface area (Å²) >= 11 is 6.11. The molecule has 2 heterocycles. The van der Waals surface area contributed by atoms with Crippen molar-refractivity contribution < 1.29 is 9.13 Å². The molecule has 4 rings (SSSR count). The van der Waals surface area contributed by atoms with Crippen molar-refractivity contribution in [2.24, 2.45) is 0 Å². The molecule has 2 fully saturated rings. The van der Waals surface area contributed by atoms with Crippen LogP contribution >= 0.6 is 11.6 Å². The summed E-state index contributed by atoms with van der Waals surface area (Å²) in [6.07, 6.45) is 4.06. The molecule has 2 aliphatic rings. The topological polar surface area (TPSA) is 15.7 Å². The predicted molar refractivity (Wildman–Crippen MR) is 107 cm³/mol. The first-order valence-electron chi connectivity index (χ1n) is 9.81. The molecule has 0 spiro atoms. The van der Waals surface area contributed by atoms with Crippen LogP contribution in [-0.4, -0.2) is 42.0 Å². The zero-order valence-corrected chi connectivity index (χ0v) is 16.3. The molecule has 2 saturated heterocycles. The zero-order valence-electron chi connectivity index (χ0n) is 15.5. The zero-order chi connectivity index (χ0) is 18.6. The number of likely N-dealkylation sites (tertiary alicyclic amines) is 2. The third kappa shape index (κ3) is 4.45. The van der Waals surface area contributed by atoms with E-state index in [1.165, 1.54) is 38.4 Å². The molecule has 3 nitrogen and oxygen atoms in total. The number of hydrogen-bond donors (Lipinski definition) is 0. The van der Waals surface area contributed by atoms with E-state index in [0.717, 1.165) is 30.9 Å². The molecular weight excluding hydrogens is 363 g/mol. The molecule has 27 heavy (non-hydrogen) atoms. The smallest absolute Gasteiger partial charge is 0.131 e. The van der Waals surface area contributed by atoms with E-state index < -0.39 is 0 Å². The van der Waals surface area contributed by atoms with Crippen LogP contribution in [0.4, 0.5) is 4.39 Å². The Kier molecular flexibility index (Phi) is 5.96. The number of rotatable bonds is 6. The Labute approximate surface area is 165 Å². The first-order chi connectivity index (χ1) is 13.2. The SMILES string of the molecule is Fc1cccc(Cl)c1COc1ccccc1CN1CC(N2CCCCC2)C1. The highest BCUT2D eigenvalue weighted by atomic mass is 35.5. The van der Waals surface area contributed by atoms with Crippen molar-refractivity contribution in [3.63, 3.8) is 0 Å². The number of nitrogens with zero attached hydrogens (tertiary/aromatic N) is 2. The lowest BCUT2D eigenvalue weighted by Crippen LogP contribution is -2.59. The minimum absolute atomic E-state index is 0.138. The average molecular weight is 389 g/mol. The fourth-order valence-electron chi connectivity index (χ4n) is 4.02. The number of benzene rings is 2. The summed E-state index contributed by atoms with van der Waals surface area (Å²) in [5, 5.41) is 0.402. The highest BCUT2D eigenvalue weighted by Gasteiger charge is 2.32. The van der Waals surface area contributed by atoms with Crippen LogP contribution < -0.4 is 4.74 Å². The summed E-state index contributed by atoms with van der Waals surface area (Å²) in [5.74, 6) is 0.477. The largest absolute Gasteiger partial charge is 0.488 e. The molecule has 0 aliphatic carbocycles. The van der Waals surface area contributed by atoms with Crippen LogP contribution in [0.2, 0.25) is 5.02 Å². The second-order valence-electron chi connectivity index (χ2n) is 7.54. The molecule has 2 aromatic carbocycles. The number of hydrogen-bond acceptors (Lipinski definition) is 3. The Morgan fingerprint density at radius 1 is 1.00 bits per heavy atom. The van der Waals surface area contributed by atoms with Gasteiger partial charge in [-0.3, -0.25) is 9.80 Å². The number of ether oxygens (including phenoxy) is 1. The molecule has 144 valence electrons. The Morgan fingerprint density at radius 3 is 2.56 bits per heavy atom. The third-order valence-electron chi connectivity index (χ3n) is 5.65. The summed E-state index contributed by atoms with van der Waals surface area (Å²) < 4.78 is 19.9. The van der Waals surface area contributed by atoms with E-state index in [0.29, 0.717) is 16.6 Å². The summed E-state index contributed by atoms with van der Waals surface area (Å²) in [7, 11) is 0. The van der Waals surface area contributed by atoms with E-state index in [2.05, 4.69) is 15.9 Å². The van der Waals surface area contributed by atoms with E-state index in [1.807, 2.05) is 18.2 Å². The molecule has 0 N–H and O–H groups in total. The lowest BCUT2D eigenvalue weighted by molar-refractivity contribution is 0.0181. The van der Waals surface area contributed by atoms with Gasteiger partial charge in [0, 0.05) is 36.8 Å². The Hall–Kier alpha value is -1.62. The van der Waals surface area contributed by atoms with Crippen LogP contribution in [0.15, 0.2) is 42.5 Å². The molecule has 0 aromatic heterocycles. The average Bonchev–Trinajstić information content (AvgIpc) is 2.65. The molecule has 0 unspecified atom stereocenters. The van der Waals surface area contributed by atoms with Gasteiger partial charge in [0.15, 0.2) is 0 Å². The van der Waals surface area contributed by atoms with Crippen molar-refractivity contribution in [3.8, 4) is 5.75 Å². The van der Waals surface area contributed by atoms with E-state index in [-0.39, 0.29) is 12.4 Å². The summed E-state index contributed by atoms with van der Waals surface area (Å²) in [5.41, 5.74) is 1.55. The van der Waals surface area contributed by atoms with Gasteiger partial charge in [-0.1, -0.05) is 42.3 Å². The van der Waals surface area contributed by atoms with Gasteiger partial charge in [0.25, 0.3) is 0 Å². The Balaban J connectivity index is 1.35. The van der Waals surface area contributed by atoms with Gasteiger partial charge in [-0.2, -0.15) is 0 Å². The summed E-state index contributed by atoms with van der Waals surface area (Å²) in [6.45, 7) is 5.74. The van der Waals surface area contributed by atoms with Gasteiger partial charge in [-0.25, -0.2) is 4.39 Å². The van der Waals surface area contributed by atoms with Crippen LogP contribution in [-0.2, 0) is 13.2 Å². The van der Waals surface area contributed by atoms with E-state index >= 15 is 0 Å². The standard InChI is InChI=1S/C22H26ClFN2O/c23-20-8-6-9-21(24)19(20)16-27-22-10-3-2-7-17(22)13-25-14-18(15-25)26-11-4-1-5-12-26/h2-3,6-10,18H,1,4-5,11-16H2. The van der Waals surface area contributed by atoms with Crippen molar-refractivity contribution in [2.75, 3.05) is 26.2 Å². The third-order valence-corrected chi connectivity index (χ3v) is 6.00. The van der Waals surface area contributed by atoms with Crippen molar-refractivity contribution >= 4 is 11.6 Å². The summed E-state index contributed by atoms with van der Waals surface area (Å²) in [6, 6.07) is 13.4. The molecule has 2 aliphatic heterocycles. The fraction of sp³-hybridized carbons (Fsp3) is 0.455. The van der Waals surface area contributed by atoms with Crippen LogP contribution in [0.25, 0.3) is 0 Å². The van der Waals surface area contributed by atoms with E-state index in [9.17, 15) is 4.39 Å². The minimum atomic E-state index is -0.327. The van der Waals surface area contributed by atoms with E-state index in [1.54, 1.807) is 12.1 Å². The fourth-order valence-corrected chi connectivity index (χ4v) is 4.24. The monoisotopic (exact) mass is 388 g/mol. The van der Waals surface area contributed by atoms with Gasteiger partial charge in [0.05, 0.1) is 5.02 Å². The molecule has 2 aromatic rings. The van der Waals surface area contributed by atoms with Gasteiger partial charge in [0.1, 0.15) is 18.2 Å². The predicted octanol–water partition coefficient (Wildman–Crippen LogP) is 4.73. The second-order valence-corrected chi connectivity index (χ2v) is 7.95. The molecular formula is C22H26ClFN2O. The van der Waals surface area contributed by atoms with Gasteiger partial charge in [-0.05, 0) is 44.1 Å². The minimum Gasteiger partial charge on any atom is -0.488 e. The Morgan fingerprint density at radius 2 is 1.78 bits per heavy atom. The number of piperidine rings is 1. The van der Waals surface area contributed by atoms with Crippen LogP contribution in [0, 0.1) is 5.82 Å². The number of halogens is 2. The van der Waals surface area contributed by atoms with Crippen molar-refractivity contribution in [3.05, 3.63) is 64.4 Å². The van der Waals surface area contributed by atoms with Gasteiger partial charge in [-0.15, -0.1) is 0 Å². The highest BCUT2D eigenvalue weighted by molar-refractivity contribution is 6.31. The van der Waals surface area contributed by atoms with E-state index in [4.69, 9.17) is 16.3 Å².